The van der Waals surface area contributed by atoms with Crippen molar-refractivity contribution in [2.45, 2.75) is 57.9 Å². The first kappa shape index (κ1) is 63.2. The van der Waals surface area contributed by atoms with Crippen LogP contribution < -0.4 is 19.6 Å². The van der Waals surface area contributed by atoms with Crippen molar-refractivity contribution >= 4 is 40.0 Å². The topological polar surface area (TPSA) is 249 Å². The zero-order chi connectivity index (χ0) is 51.2. The Labute approximate surface area is 392 Å². The Bertz CT molecular complexity index is 1420. The molecule has 3 rings (SSSR count). The Kier molecular flexibility index (Phi) is 32.5. The van der Waals surface area contributed by atoms with Crippen LogP contribution in [0.25, 0.3) is 0 Å². The number of quaternary nitrogens is 1. The summed E-state index contributed by atoms with van der Waals surface area (Å²) in [5, 5.41) is 0. The molecular formula is C37H74F3N11O15S. The number of methoxy groups -OCH3 is 10. The van der Waals surface area contributed by atoms with Gasteiger partial charge in [-0.1, -0.05) is 20.8 Å². The zero-order valence-electron chi connectivity index (χ0n) is 41.1. The molecule has 3 heterocycles. The van der Waals surface area contributed by atoms with E-state index < -0.39 is 28.0 Å². The van der Waals surface area contributed by atoms with Crippen LogP contribution in [0.15, 0.2) is 0 Å². The van der Waals surface area contributed by atoms with Crippen molar-refractivity contribution in [2.75, 3.05) is 173 Å². The van der Waals surface area contributed by atoms with Crippen LogP contribution in [0.3, 0.4) is 0 Å². The van der Waals surface area contributed by atoms with Crippen molar-refractivity contribution in [3.8, 4) is 0 Å². The Morgan fingerprint density at radius 1 is 0.507 bits per heavy atom. The number of hydrogen-bond donors (Lipinski definition) is 1. The molecule has 67 heavy (non-hydrogen) atoms. The SMILES string of the molecule is CCC[NH+](CCC)CCC.COCN(COC)c1nc(N(COC)COC)nc(N(COC)COC)n1.COCN1C(=O)N(COC)C2C1N(COC)C(=O)N2COC.O=S(=O)([O-])C(F)(F)F. The molecule has 2 fully saturated rings. The van der Waals surface area contributed by atoms with Crippen molar-refractivity contribution in [3.63, 3.8) is 0 Å². The molecule has 0 saturated carbocycles. The van der Waals surface area contributed by atoms with Gasteiger partial charge in [0.05, 0.1) is 19.6 Å². The van der Waals surface area contributed by atoms with E-state index in [0.29, 0.717) is 17.8 Å². The third-order valence-corrected chi connectivity index (χ3v) is 9.42. The lowest BCUT2D eigenvalue weighted by molar-refractivity contribution is -0.900. The number of hydrogen-bond acceptors (Lipinski definition) is 21. The summed E-state index contributed by atoms with van der Waals surface area (Å²) in [7, 11) is 9.35. The summed E-state index contributed by atoms with van der Waals surface area (Å²) in [6.07, 6.45) is 2.94. The molecule has 0 unspecified atom stereocenters. The lowest BCUT2D eigenvalue weighted by Gasteiger charge is -2.28. The van der Waals surface area contributed by atoms with Gasteiger partial charge in [0, 0.05) is 71.1 Å². The standard InChI is InChI=1S/C15H30N6O6.C12H22N4O6.C9H21N.CHF3O3S/c1-22-7-19(8-23-2)13-16-14(20(9-24-3)10-25-4)18-15(17-13)21(11-26-5)12-27-6;1-19-5-13-9-10(15(7-21-3)11(13)17)16(8-22-4)12(18)14(9)6-20-2;1-4-7-10(8-5-2)9-6-3;2-1(3,4)8(5,6)7/h7-12H2,1-6H3;9-10H,5-8H2,1-4H3;4-9H2,1-3H3;(H,5,6,7). The molecule has 2 aliphatic heterocycles. The minimum absolute atomic E-state index is 0.0640. The smallest absolute Gasteiger partial charge is 0.485 e. The number of carbonyl (C=O) groups is 2. The van der Waals surface area contributed by atoms with Gasteiger partial charge in [-0.15, -0.1) is 0 Å². The van der Waals surface area contributed by atoms with Gasteiger partial charge >= 0.3 is 17.6 Å². The van der Waals surface area contributed by atoms with E-state index in [9.17, 15) is 22.8 Å². The summed E-state index contributed by atoms with van der Waals surface area (Å²) in [4.78, 5) is 51.4. The van der Waals surface area contributed by atoms with Crippen LogP contribution in [0, 0.1) is 0 Å². The van der Waals surface area contributed by atoms with Gasteiger partial charge in [0.1, 0.15) is 67.3 Å². The number of anilines is 3. The molecule has 0 radical (unpaired) electrons. The lowest BCUT2D eigenvalue weighted by Crippen LogP contribution is -3.11. The number of aromatic nitrogens is 3. The van der Waals surface area contributed by atoms with Crippen molar-refractivity contribution < 1.29 is 88.0 Å². The maximum Gasteiger partial charge on any atom is 0.485 e. The monoisotopic (exact) mass is 1000 g/mol. The first-order valence-corrected chi connectivity index (χ1v) is 22.2. The van der Waals surface area contributed by atoms with Gasteiger partial charge in [-0.25, -0.2) is 18.0 Å². The molecule has 1 aromatic heterocycles. The van der Waals surface area contributed by atoms with E-state index in [0.717, 1.165) is 0 Å². The van der Waals surface area contributed by atoms with Gasteiger partial charge in [0.15, 0.2) is 22.4 Å². The summed E-state index contributed by atoms with van der Waals surface area (Å²) in [6.45, 7) is 12.6. The number of halogens is 3. The lowest BCUT2D eigenvalue weighted by atomic mass is 10.3. The fraction of sp³-hybridized carbons (Fsp3) is 0.865. The Balaban J connectivity index is 0.000000965. The van der Waals surface area contributed by atoms with E-state index >= 15 is 0 Å². The molecule has 1 aromatic rings. The third kappa shape index (κ3) is 20.8. The van der Waals surface area contributed by atoms with Crippen LogP contribution in [0.2, 0.25) is 0 Å². The molecule has 30 heteroatoms. The average Bonchev–Trinajstić information content (AvgIpc) is 3.68. The molecule has 0 bridgehead atoms. The molecule has 2 saturated heterocycles. The number of urea groups is 2. The molecule has 0 atom stereocenters. The fourth-order valence-corrected chi connectivity index (χ4v) is 6.44. The number of ether oxygens (including phenoxy) is 10. The molecule has 26 nitrogen and oxygen atoms in total. The maximum atomic E-state index is 12.6. The van der Waals surface area contributed by atoms with Gasteiger partial charge in [-0.05, 0) is 19.3 Å². The number of amides is 4. The largest absolute Gasteiger partial charge is 0.741 e. The van der Waals surface area contributed by atoms with Gasteiger partial charge in [-0.3, -0.25) is 34.3 Å². The fourth-order valence-electron chi connectivity index (χ4n) is 6.44. The van der Waals surface area contributed by atoms with Gasteiger partial charge in [0.25, 0.3) is 0 Å². The van der Waals surface area contributed by atoms with Gasteiger partial charge < -0.3 is 56.8 Å². The number of fused-ring (bicyclic) bond motifs is 1. The highest BCUT2D eigenvalue weighted by atomic mass is 32.2. The summed E-state index contributed by atoms with van der Waals surface area (Å²) >= 11 is 0. The van der Waals surface area contributed by atoms with Crippen molar-refractivity contribution in [1.29, 1.82) is 0 Å². The van der Waals surface area contributed by atoms with Crippen LogP contribution in [-0.4, -0.2) is 235 Å². The molecule has 4 amide bonds. The second-order valence-electron chi connectivity index (χ2n) is 14.2. The second kappa shape index (κ2) is 34.5. The highest BCUT2D eigenvalue weighted by Crippen LogP contribution is 2.34. The predicted octanol–water partition coefficient (Wildman–Crippen LogP) is 0.596. The second-order valence-corrected chi connectivity index (χ2v) is 15.6. The van der Waals surface area contributed by atoms with Crippen molar-refractivity contribution in [1.82, 2.24) is 34.6 Å². The normalized spacial score (nSPS) is 15.8. The number of alkyl halides is 3. The average molecular weight is 1000 g/mol. The summed E-state index contributed by atoms with van der Waals surface area (Å²) in [5.74, 6) is 1.11. The van der Waals surface area contributed by atoms with E-state index in [1.165, 1.54) is 86.9 Å². The Hall–Kier alpha value is -3.79. The van der Waals surface area contributed by atoms with Crippen LogP contribution in [0.1, 0.15) is 40.0 Å². The minimum atomic E-state index is -6.09. The molecule has 0 aromatic carbocycles. The number of rotatable bonds is 29. The van der Waals surface area contributed by atoms with E-state index in [4.69, 9.17) is 60.3 Å². The first-order valence-electron chi connectivity index (χ1n) is 20.8. The Morgan fingerprint density at radius 3 is 0.866 bits per heavy atom. The van der Waals surface area contributed by atoms with E-state index in [-0.39, 0.29) is 79.4 Å². The maximum absolute atomic E-state index is 12.6. The molecule has 2 aliphatic rings. The molecule has 0 spiro atoms. The number of nitrogens with one attached hydrogen (secondary N) is 1. The van der Waals surface area contributed by atoms with Crippen LogP contribution in [-0.2, 0) is 57.5 Å². The summed E-state index contributed by atoms with van der Waals surface area (Å²) in [6, 6.07) is -0.540. The van der Waals surface area contributed by atoms with Gasteiger partial charge in [-0.2, -0.15) is 28.1 Å². The van der Waals surface area contributed by atoms with Crippen LogP contribution in [0.4, 0.5) is 40.6 Å². The summed E-state index contributed by atoms with van der Waals surface area (Å²) < 4.78 is 111. The molecular weight excluding hydrogens is 928 g/mol. The van der Waals surface area contributed by atoms with E-state index in [1.807, 2.05) is 0 Å². The van der Waals surface area contributed by atoms with Crippen LogP contribution >= 0.6 is 0 Å². The van der Waals surface area contributed by atoms with Crippen LogP contribution in [0.5, 0.6) is 0 Å². The van der Waals surface area contributed by atoms with Crippen molar-refractivity contribution in [3.05, 3.63) is 0 Å². The van der Waals surface area contributed by atoms with E-state index in [2.05, 4.69) is 35.7 Å². The van der Waals surface area contributed by atoms with E-state index in [1.54, 1.807) is 62.3 Å². The van der Waals surface area contributed by atoms with Crippen molar-refractivity contribution in [2.24, 2.45) is 0 Å². The molecule has 0 aliphatic carbocycles. The number of carbonyl (C=O) groups excluding carboxylic acids is 2. The minimum Gasteiger partial charge on any atom is -0.741 e. The van der Waals surface area contributed by atoms with Gasteiger partial charge in [0.2, 0.25) is 17.8 Å². The Morgan fingerprint density at radius 2 is 0.716 bits per heavy atom. The highest BCUT2D eigenvalue weighted by Gasteiger charge is 2.59. The molecule has 1 N–H and O–H groups in total. The zero-order valence-corrected chi connectivity index (χ0v) is 41.9. The quantitative estimate of drug-likeness (QED) is 0.0655. The number of nitrogens with zero attached hydrogens (tertiary/aromatic N) is 10. The predicted molar refractivity (Wildman–Crippen MR) is 234 cm³/mol. The first-order chi connectivity index (χ1) is 31.9. The highest BCUT2D eigenvalue weighted by molar-refractivity contribution is 7.86. The molecule has 394 valence electrons. The third-order valence-electron chi connectivity index (χ3n) is 8.85. The summed E-state index contributed by atoms with van der Waals surface area (Å²) in [5.41, 5.74) is -5.65.